The summed E-state index contributed by atoms with van der Waals surface area (Å²) in [6.07, 6.45) is -3.42. The van der Waals surface area contributed by atoms with Gasteiger partial charge in [-0.25, -0.2) is 12.7 Å². The zero-order valence-corrected chi connectivity index (χ0v) is 16.8. The number of nitrogens with zero attached hydrogens (tertiary/aromatic N) is 1. The molecule has 2 rings (SSSR count). The Kier molecular flexibility index (Phi) is 7.62. The molecule has 0 aliphatic heterocycles. The van der Waals surface area contributed by atoms with Crippen LogP contribution in [0.1, 0.15) is 24.0 Å². The van der Waals surface area contributed by atoms with E-state index in [1.165, 1.54) is 29.6 Å². The summed E-state index contributed by atoms with van der Waals surface area (Å²) in [6, 6.07) is 8.00. The Labute approximate surface area is 166 Å². The monoisotopic (exact) mass is 434 g/mol. The predicted octanol–water partition coefficient (Wildman–Crippen LogP) is 3.53. The molecule has 2 aromatic rings. The smallest absolute Gasteiger partial charge is 0.356 e. The molecule has 154 valence electrons. The number of benzene rings is 1. The molecule has 1 aromatic carbocycles. The van der Waals surface area contributed by atoms with Crippen LogP contribution < -0.4 is 5.32 Å². The molecule has 0 saturated carbocycles. The molecule has 0 bridgehead atoms. The van der Waals surface area contributed by atoms with E-state index in [-0.39, 0.29) is 23.1 Å². The van der Waals surface area contributed by atoms with Crippen molar-refractivity contribution < 1.29 is 26.4 Å². The Morgan fingerprint density at radius 2 is 1.86 bits per heavy atom. The molecule has 5 nitrogen and oxygen atoms in total. The summed E-state index contributed by atoms with van der Waals surface area (Å²) in [6.45, 7) is 0.514. The highest BCUT2D eigenvalue weighted by molar-refractivity contribution is 7.91. The number of alkyl halides is 3. The van der Waals surface area contributed by atoms with E-state index in [1.54, 1.807) is 11.4 Å². The Bertz CT molecular complexity index is 864. The lowest BCUT2D eigenvalue weighted by Crippen LogP contribution is -2.30. The number of nitrogens with one attached hydrogen (secondary N) is 1. The predicted molar refractivity (Wildman–Crippen MR) is 102 cm³/mol. The minimum atomic E-state index is -4.36. The highest BCUT2D eigenvalue weighted by Crippen LogP contribution is 2.29. The van der Waals surface area contributed by atoms with Crippen LogP contribution in [0.15, 0.2) is 46.0 Å². The quantitative estimate of drug-likeness (QED) is 0.657. The minimum Gasteiger partial charge on any atom is -0.356 e. The first-order valence-corrected chi connectivity index (χ1v) is 10.9. The first kappa shape index (κ1) is 22.4. The van der Waals surface area contributed by atoms with Gasteiger partial charge >= 0.3 is 6.18 Å². The van der Waals surface area contributed by atoms with Crippen molar-refractivity contribution in [1.29, 1.82) is 0 Å². The highest BCUT2D eigenvalue weighted by atomic mass is 32.2. The molecular formula is C18H21F3N2O3S2. The van der Waals surface area contributed by atoms with E-state index < -0.39 is 21.8 Å². The summed E-state index contributed by atoms with van der Waals surface area (Å²) >= 11 is 1.14. The maximum atomic E-state index is 12.5. The van der Waals surface area contributed by atoms with Gasteiger partial charge in [-0.15, -0.1) is 11.3 Å². The van der Waals surface area contributed by atoms with Gasteiger partial charge in [0.25, 0.3) is 10.0 Å². The van der Waals surface area contributed by atoms with E-state index in [0.29, 0.717) is 24.9 Å². The average Bonchev–Trinajstić information content (AvgIpc) is 3.17. The van der Waals surface area contributed by atoms with Crippen molar-refractivity contribution >= 4 is 27.3 Å². The fourth-order valence-electron chi connectivity index (χ4n) is 2.44. The normalized spacial score (nSPS) is 12.3. The van der Waals surface area contributed by atoms with Crippen LogP contribution in [0, 0.1) is 0 Å². The van der Waals surface area contributed by atoms with Gasteiger partial charge in [0, 0.05) is 26.6 Å². The van der Waals surface area contributed by atoms with Crippen LogP contribution in [-0.2, 0) is 27.4 Å². The Hall–Kier alpha value is -1.91. The number of thiophene rings is 1. The number of hydrogen-bond donors (Lipinski definition) is 1. The van der Waals surface area contributed by atoms with Crippen LogP contribution in [0.4, 0.5) is 13.2 Å². The fraction of sp³-hybridized carbons (Fsp3) is 0.389. The summed E-state index contributed by atoms with van der Waals surface area (Å²) in [4.78, 5) is 11.9. The summed E-state index contributed by atoms with van der Waals surface area (Å²) in [5, 5.41) is 4.37. The SMILES string of the molecule is CN(CCCC(=O)NCCc1ccc(C(F)(F)F)cc1)S(=O)(=O)c1cccs1. The van der Waals surface area contributed by atoms with Gasteiger partial charge in [-0.2, -0.15) is 13.2 Å². The van der Waals surface area contributed by atoms with Crippen LogP contribution in [-0.4, -0.2) is 38.8 Å². The molecule has 0 fully saturated rings. The van der Waals surface area contributed by atoms with Gasteiger partial charge < -0.3 is 5.32 Å². The summed E-state index contributed by atoms with van der Waals surface area (Å²) in [7, 11) is -2.05. The van der Waals surface area contributed by atoms with Crippen molar-refractivity contribution in [3.8, 4) is 0 Å². The van der Waals surface area contributed by atoms with Crippen molar-refractivity contribution in [3.63, 3.8) is 0 Å². The van der Waals surface area contributed by atoms with Crippen molar-refractivity contribution in [3.05, 3.63) is 52.9 Å². The van der Waals surface area contributed by atoms with Gasteiger partial charge in [-0.05, 0) is 42.0 Å². The van der Waals surface area contributed by atoms with Crippen molar-refractivity contribution in [2.24, 2.45) is 0 Å². The molecule has 0 spiro atoms. The molecular weight excluding hydrogens is 413 g/mol. The lowest BCUT2D eigenvalue weighted by atomic mass is 10.1. The number of rotatable bonds is 9. The number of carbonyl (C=O) groups is 1. The molecule has 1 N–H and O–H groups in total. The zero-order chi connectivity index (χ0) is 20.8. The lowest BCUT2D eigenvalue weighted by molar-refractivity contribution is -0.137. The van der Waals surface area contributed by atoms with Gasteiger partial charge in [0.15, 0.2) is 0 Å². The van der Waals surface area contributed by atoms with Gasteiger partial charge in [0.05, 0.1) is 5.56 Å². The van der Waals surface area contributed by atoms with E-state index in [0.717, 1.165) is 23.5 Å². The van der Waals surface area contributed by atoms with Crippen LogP contribution in [0.2, 0.25) is 0 Å². The third-order valence-corrected chi connectivity index (χ3v) is 7.28. The first-order valence-electron chi connectivity index (χ1n) is 8.53. The third kappa shape index (κ3) is 6.32. The van der Waals surface area contributed by atoms with E-state index in [1.807, 2.05) is 0 Å². The van der Waals surface area contributed by atoms with Crippen LogP contribution in [0.3, 0.4) is 0 Å². The van der Waals surface area contributed by atoms with Gasteiger partial charge in [-0.1, -0.05) is 18.2 Å². The molecule has 10 heteroatoms. The van der Waals surface area contributed by atoms with E-state index in [9.17, 15) is 26.4 Å². The number of carbonyl (C=O) groups excluding carboxylic acids is 1. The molecule has 0 aliphatic rings. The van der Waals surface area contributed by atoms with Crippen molar-refractivity contribution in [1.82, 2.24) is 9.62 Å². The Morgan fingerprint density at radius 3 is 2.43 bits per heavy atom. The lowest BCUT2D eigenvalue weighted by Gasteiger charge is -2.15. The average molecular weight is 435 g/mol. The molecule has 28 heavy (non-hydrogen) atoms. The second kappa shape index (κ2) is 9.53. The highest BCUT2D eigenvalue weighted by Gasteiger charge is 2.29. The van der Waals surface area contributed by atoms with Crippen LogP contribution >= 0.6 is 11.3 Å². The molecule has 0 aliphatic carbocycles. The minimum absolute atomic E-state index is 0.164. The number of sulfonamides is 1. The van der Waals surface area contributed by atoms with Crippen molar-refractivity contribution in [2.45, 2.75) is 29.6 Å². The summed E-state index contributed by atoms with van der Waals surface area (Å²) in [5.41, 5.74) is -0.0167. The topological polar surface area (TPSA) is 66.5 Å². The van der Waals surface area contributed by atoms with E-state index in [2.05, 4.69) is 5.32 Å². The molecule has 1 amide bonds. The molecule has 0 radical (unpaired) electrons. The zero-order valence-electron chi connectivity index (χ0n) is 15.2. The van der Waals surface area contributed by atoms with Gasteiger partial charge in [0.1, 0.15) is 4.21 Å². The standard InChI is InChI=1S/C18H21F3N2O3S2/c1-23(28(25,26)17-5-3-13-27-17)12-2-4-16(24)22-11-10-14-6-8-15(9-7-14)18(19,20)21/h3,5-9,13H,2,4,10-12H2,1H3,(H,22,24). The maximum absolute atomic E-state index is 12.5. The Balaban J connectivity index is 1.69. The van der Waals surface area contributed by atoms with Gasteiger partial charge in [0.2, 0.25) is 5.91 Å². The van der Waals surface area contributed by atoms with Crippen molar-refractivity contribution in [2.75, 3.05) is 20.1 Å². The summed E-state index contributed by atoms with van der Waals surface area (Å²) in [5.74, 6) is -0.228. The molecule has 1 aromatic heterocycles. The third-order valence-electron chi connectivity index (χ3n) is 4.05. The van der Waals surface area contributed by atoms with Crippen LogP contribution in [0.5, 0.6) is 0 Å². The second-order valence-electron chi connectivity index (χ2n) is 6.16. The number of hydrogen-bond acceptors (Lipinski definition) is 4. The fourth-order valence-corrected chi connectivity index (χ4v) is 4.85. The van der Waals surface area contributed by atoms with E-state index >= 15 is 0 Å². The molecule has 0 saturated heterocycles. The number of halogens is 3. The van der Waals surface area contributed by atoms with Gasteiger partial charge in [-0.3, -0.25) is 4.79 Å². The van der Waals surface area contributed by atoms with Crippen LogP contribution in [0.25, 0.3) is 0 Å². The molecule has 1 heterocycles. The summed E-state index contributed by atoms with van der Waals surface area (Å²) < 4.78 is 63.5. The largest absolute Gasteiger partial charge is 0.416 e. The maximum Gasteiger partial charge on any atom is 0.416 e. The number of amides is 1. The Morgan fingerprint density at radius 1 is 1.18 bits per heavy atom. The molecule has 0 unspecified atom stereocenters. The van der Waals surface area contributed by atoms with E-state index in [4.69, 9.17) is 0 Å². The molecule has 0 atom stereocenters. The first-order chi connectivity index (χ1) is 13.1. The second-order valence-corrected chi connectivity index (χ2v) is 9.38.